The Bertz CT molecular complexity index is 157. The van der Waals surface area contributed by atoms with Crippen LogP contribution in [0.3, 0.4) is 0 Å². The maximum Gasteiger partial charge on any atom is 0.0662 e. The number of hydrogen-bond donors (Lipinski definition) is 0. The van der Waals surface area contributed by atoms with Gasteiger partial charge in [0.2, 0.25) is 0 Å². The van der Waals surface area contributed by atoms with Crippen molar-refractivity contribution < 1.29 is 4.74 Å². The molecule has 15 heavy (non-hydrogen) atoms. The number of hydrogen-bond acceptors (Lipinski definition) is 2. The number of nitrogens with zero attached hydrogens (tertiary/aromatic N) is 1. The first-order chi connectivity index (χ1) is 7.27. The van der Waals surface area contributed by atoms with Gasteiger partial charge in [-0.2, -0.15) is 0 Å². The fourth-order valence-electron chi connectivity index (χ4n) is 1.83. The van der Waals surface area contributed by atoms with Gasteiger partial charge in [-0.05, 0) is 19.9 Å². The van der Waals surface area contributed by atoms with E-state index in [0.717, 1.165) is 32.5 Å². The highest BCUT2D eigenvalue weighted by Gasteiger charge is 2.25. The van der Waals surface area contributed by atoms with Gasteiger partial charge in [0, 0.05) is 25.6 Å². The van der Waals surface area contributed by atoms with Gasteiger partial charge in [-0.15, -0.1) is 6.58 Å². The molecule has 1 aliphatic heterocycles. The van der Waals surface area contributed by atoms with Crippen LogP contribution >= 0.6 is 0 Å². The lowest BCUT2D eigenvalue weighted by molar-refractivity contribution is -0.0130. The zero-order valence-corrected chi connectivity index (χ0v) is 10.8. The van der Waals surface area contributed by atoms with Gasteiger partial charge in [0.25, 0.3) is 0 Å². The molecule has 0 N–H and O–H groups in total. The van der Waals surface area contributed by atoms with E-state index < -0.39 is 0 Å². The number of piperidine rings is 1. The van der Waals surface area contributed by atoms with Gasteiger partial charge < -0.3 is 9.64 Å². The Morgan fingerprint density at radius 2 is 2.13 bits per heavy atom. The number of rotatable bonds is 4. The van der Waals surface area contributed by atoms with Gasteiger partial charge in [0.15, 0.2) is 0 Å². The molecule has 2 nitrogen and oxygen atoms in total. The summed E-state index contributed by atoms with van der Waals surface area (Å²) in [6.45, 7) is 13.2. The SMILES string of the molecule is C=CC1CN(C)CCC1OCCC.CC. The van der Waals surface area contributed by atoms with Crippen molar-refractivity contribution in [3.63, 3.8) is 0 Å². The molecule has 0 saturated carbocycles. The van der Waals surface area contributed by atoms with Gasteiger partial charge in [-0.1, -0.05) is 26.8 Å². The Morgan fingerprint density at radius 3 is 2.67 bits per heavy atom. The first kappa shape index (κ1) is 14.7. The summed E-state index contributed by atoms with van der Waals surface area (Å²) in [4.78, 5) is 2.35. The van der Waals surface area contributed by atoms with Gasteiger partial charge in [-0.3, -0.25) is 0 Å². The predicted octanol–water partition coefficient (Wildman–Crippen LogP) is 2.95. The molecule has 0 aromatic rings. The van der Waals surface area contributed by atoms with Crippen molar-refractivity contribution in [3.8, 4) is 0 Å². The molecule has 1 aliphatic rings. The van der Waals surface area contributed by atoms with Gasteiger partial charge in [0.05, 0.1) is 6.10 Å². The van der Waals surface area contributed by atoms with Crippen LogP contribution in [0.1, 0.15) is 33.6 Å². The first-order valence-electron chi connectivity index (χ1n) is 6.20. The van der Waals surface area contributed by atoms with Crippen LogP contribution in [0.2, 0.25) is 0 Å². The zero-order chi connectivity index (χ0) is 11.7. The van der Waals surface area contributed by atoms with Crippen LogP contribution < -0.4 is 0 Å². The molecule has 0 aromatic carbocycles. The van der Waals surface area contributed by atoms with E-state index in [9.17, 15) is 0 Å². The van der Waals surface area contributed by atoms with Crippen LogP contribution in [-0.2, 0) is 4.74 Å². The molecule has 0 amide bonds. The Kier molecular flexibility index (Phi) is 8.73. The molecule has 1 heterocycles. The molecule has 2 atom stereocenters. The van der Waals surface area contributed by atoms with Crippen molar-refractivity contribution in [3.05, 3.63) is 12.7 Å². The second-order valence-corrected chi connectivity index (χ2v) is 3.86. The molecule has 2 heteroatoms. The number of likely N-dealkylation sites (tertiary alicyclic amines) is 1. The number of ether oxygens (including phenoxy) is 1. The van der Waals surface area contributed by atoms with Crippen LogP contribution in [0, 0.1) is 5.92 Å². The molecule has 0 aromatic heterocycles. The Labute approximate surface area is 95.3 Å². The molecule has 1 rings (SSSR count). The van der Waals surface area contributed by atoms with Crippen molar-refractivity contribution >= 4 is 0 Å². The quantitative estimate of drug-likeness (QED) is 0.666. The van der Waals surface area contributed by atoms with E-state index in [0.29, 0.717) is 12.0 Å². The summed E-state index contributed by atoms with van der Waals surface area (Å²) in [6, 6.07) is 0. The van der Waals surface area contributed by atoms with Crippen LogP contribution in [0.5, 0.6) is 0 Å². The van der Waals surface area contributed by atoms with Crippen molar-refractivity contribution in [1.82, 2.24) is 4.90 Å². The molecule has 0 bridgehead atoms. The maximum absolute atomic E-state index is 5.79. The fourth-order valence-corrected chi connectivity index (χ4v) is 1.83. The Hall–Kier alpha value is -0.340. The third-order valence-corrected chi connectivity index (χ3v) is 2.63. The van der Waals surface area contributed by atoms with E-state index in [1.165, 1.54) is 0 Å². The minimum absolute atomic E-state index is 0.411. The standard InChI is InChI=1S/C11H21NO.C2H6/c1-4-8-13-11-6-7-12(3)9-10(11)5-2;1-2/h5,10-11H,2,4,6-9H2,1,3H3;1-2H3. The van der Waals surface area contributed by atoms with Crippen molar-refractivity contribution in [2.45, 2.75) is 39.7 Å². The second-order valence-electron chi connectivity index (χ2n) is 3.86. The summed E-state index contributed by atoms with van der Waals surface area (Å²) >= 11 is 0. The molecular formula is C13H27NO. The highest BCUT2D eigenvalue weighted by Crippen LogP contribution is 2.20. The normalized spacial score (nSPS) is 26.7. The first-order valence-corrected chi connectivity index (χ1v) is 6.20. The van der Waals surface area contributed by atoms with Crippen molar-refractivity contribution in [1.29, 1.82) is 0 Å². The van der Waals surface area contributed by atoms with Crippen LogP contribution in [-0.4, -0.2) is 37.7 Å². The highest BCUT2D eigenvalue weighted by molar-refractivity contribution is 4.90. The molecule has 1 fully saturated rings. The summed E-state index contributed by atoms with van der Waals surface area (Å²) in [6.07, 6.45) is 4.70. The van der Waals surface area contributed by atoms with Gasteiger partial charge in [-0.25, -0.2) is 0 Å². The molecule has 2 unspecified atom stereocenters. The van der Waals surface area contributed by atoms with Gasteiger partial charge in [0.1, 0.15) is 0 Å². The van der Waals surface area contributed by atoms with Crippen molar-refractivity contribution in [2.75, 3.05) is 26.7 Å². The van der Waals surface area contributed by atoms with E-state index in [2.05, 4.69) is 25.5 Å². The molecule has 90 valence electrons. The highest BCUT2D eigenvalue weighted by atomic mass is 16.5. The summed E-state index contributed by atoms with van der Waals surface area (Å²) < 4.78 is 5.79. The fraction of sp³-hybridized carbons (Fsp3) is 0.846. The van der Waals surface area contributed by atoms with E-state index in [4.69, 9.17) is 4.74 Å². The predicted molar refractivity (Wildman–Crippen MR) is 67.2 cm³/mol. The Balaban J connectivity index is 0.000000921. The molecule has 1 saturated heterocycles. The minimum Gasteiger partial charge on any atom is -0.378 e. The summed E-state index contributed by atoms with van der Waals surface area (Å²) in [5, 5.41) is 0. The zero-order valence-electron chi connectivity index (χ0n) is 10.8. The second kappa shape index (κ2) is 8.93. The smallest absolute Gasteiger partial charge is 0.0662 e. The monoisotopic (exact) mass is 213 g/mol. The topological polar surface area (TPSA) is 12.5 Å². The minimum atomic E-state index is 0.411. The largest absolute Gasteiger partial charge is 0.378 e. The van der Waals surface area contributed by atoms with E-state index in [-0.39, 0.29) is 0 Å². The third-order valence-electron chi connectivity index (χ3n) is 2.63. The van der Waals surface area contributed by atoms with E-state index in [1.807, 2.05) is 19.9 Å². The van der Waals surface area contributed by atoms with Crippen LogP contribution in [0.25, 0.3) is 0 Å². The lowest BCUT2D eigenvalue weighted by Crippen LogP contribution is -2.41. The molecule has 0 radical (unpaired) electrons. The van der Waals surface area contributed by atoms with Gasteiger partial charge >= 0.3 is 0 Å². The van der Waals surface area contributed by atoms with Crippen LogP contribution in [0.4, 0.5) is 0 Å². The van der Waals surface area contributed by atoms with Crippen LogP contribution in [0.15, 0.2) is 12.7 Å². The summed E-state index contributed by atoms with van der Waals surface area (Å²) in [7, 11) is 2.16. The lowest BCUT2D eigenvalue weighted by Gasteiger charge is -2.34. The average Bonchev–Trinajstić information content (AvgIpc) is 2.30. The third kappa shape index (κ3) is 5.33. The van der Waals surface area contributed by atoms with E-state index in [1.54, 1.807) is 0 Å². The Morgan fingerprint density at radius 1 is 1.47 bits per heavy atom. The molecular weight excluding hydrogens is 186 g/mol. The summed E-state index contributed by atoms with van der Waals surface area (Å²) in [5.74, 6) is 0.519. The average molecular weight is 213 g/mol. The molecule has 0 spiro atoms. The van der Waals surface area contributed by atoms with Crippen molar-refractivity contribution in [2.24, 2.45) is 5.92 Å². The lowest BCUT2D eigenvalue weighted by atomic mass is 9.95. The summed E-state index contributed by atoms with van der Waals surface area (Å²) in [5.41, 5.74) is 0. The maximum atomic E-state index is 5.79. The molecule has 0 aliphatic carbocycles. The van der Waals surface area contributed by atoms with E-state index >= 15 is 0 Å².